The Kier molecular flexibility index (Phi) is 6.33. The van der Waals surface area contributed by atoms with Crippen LogP contribution in [0.5, 0.6) is 0 Å². The molecule has 0 fully saturated rings. The van der Waals surface area contributed by atoms with Gasteiger partial charge in [0.25, 0.3) is 0 Å². The highest BCUT2D eigenvalue weighted by molar-refractivity contribution is 5.92. The Labute approximate surface area is 129 Å². The molecule has 8 nitrogen and oxygen atoms in total. The smallest absolute Gasteiger partial charge is 0.363 e. The first-order valence-corrected chi connectivity index (χ1v) is 7.32. The maximum atomic E-state index is 12.0. The molecule has 0 saturated heterocycles. The summed E-state index contributed by atoms with van der Waals surface area (Å²) in [6, 6.07) is -0.764. The van der Waals surface area contributed by atoms with Gasteiger partial charge in [-0.1, -0.05) is 19.1 Å². The van der Waals surface area contributed by atoms with Crippen molar-refractivity contribution in [3.8, 4) is 0 Å². The lowest BCUT2D eigenvalue weighted by Gasteiger charge is -2.13. The number of aromatic nitrogens is 3. The maximum absolute atomic E-state index is 12.0. The molecule has 1 rings (SSSR count). The zero-order chi connectivity index (χ0) is 16.9. The predicted molar refractivity (Wildman–Crippen MR) is 80.1 cm³/mol. The number of ether oxygens (including phenoxy) is 2. The molecule has 1 aromatic rings. The number of nitrogen functional groups attached to an aromatic ring is 1. The molecule has 0 spiro atoms. The van der Waals surface area contributed by atoms with Gasteiger partial charge in [0.2, 0.25) is 5.69 Å². The molecule has 8 heteroatoms. The van der Waals surface area contributed by atoms with E-state index < -0.39 is 18.0 Å². The summed E-state index contributed by atoms with van der Waals surface area (Å²) in [6.45, 7) is 9.43. The highest BCUT2D eigenvalue weighted by Crippen LogP contribution is 2.17. The molecule has 1 atom stereocenters. The molecule has 0 aliphatic heterocycles. The summed E-state index contributed by atoms with van der Waals surface area (Å²) in [5.74, 6) is -0.712. The average molecular weight is 312 g/mol. The fourth-order valence-corrected chi connectivity index (χ4v) is 1.62. The van der Waals surface area contributed by atoms with Crippen LogP contribution >= 0.6 is 0 Å². The monoisotopic (exact) mass is 312 g/mol. The molecule has 0 amide bonds. The molecule has 22 heavy (non-hydrogen) atoms. The topological polar surface area (TPSA) is 109 Å². The summed E-state index contributed by atoms with van der Waals surface area (Å²) in [7, 11) is 0. The maximum Gasteiger partial charge on any atom is 0.363 e. The van der Waals surface area contributed by atoms with Crippen LogP contribution in [0.3, 0.4) is 0 Å². The second-order valence-electron chi connectivity index (χ2n) is 5.75. The quantitative estimate of drug-likeness (QED) is 0.761. The first-order valence-electron chi connectivity index (χ1n) is 7.32. The molecular weight excluding hydrogens is 288 g/mol. The molecule has 1 heterocycles. The third-order valence-electron chi connectivity index (χ3n) is 2.91. The second kappa shape index (κ2) is 7.77. The third kappa shape index (κ3) is 4.71. The van der Waals surface area contributed by atoms with E-state index >= 15 is 0 Å². The number of nitrogens with two attached hydrogens (primary N) is 1. The van der Waals surface area contributed by atoms with Gasteiger partial charge in [-0.25, -0.2) is 14.3 Å². The summed E-state index contributed by atoms with van der Waals surface area (Å²) in [5, 5.41) is 7.43. The van der Waals surface area contributed by atoms with Crippen LogP contribution in [0.4, 0.5) is 5.82 Å². The Morgan fingerprint density at radius 1 is 1.23 bits per heavy atom. The van der Waals surface area contributed by atoms with Crippen LogP contribution in [-0.2, 0) is 14.3 Å². The molecule has 0 aliphatic carbocycles. The van der Waals surface area contributed by atoms with Crippen LogP contribution in [0.25, 0.3) is 0 Å². The minimum absolute atomic E-state index is 0.0149. The lowest BCUT2D eigenvalue weighted by Crippen LogP contribution is -2.23. The second-order valence-corrected chi connectivity index (χ2v) is 5.75. The van der Waals surface area contributed by atoms with E-state index in [9.17, 15) is 9.59 Å². The van der Waals surface area contributed by atoms with Crippen molar-refractivity contribution in [2.24, 2.45) is 5.92 Å². The molecule has 0 bridgehead atoms. The van der Waals surface area contributed by atoms with Gasteiger partial charge in [-0.3, -0.25) is 0 Å². The van der Waals surface area contributed by atoms with E-state index in [0.29, 0.717) is 12.5 Å². The minimum Gasteiger partial charge on any atom is -0.464 e. The number of esters is 2. The Bertz CT molecular complexity index is 525. The number of hydrogen-bond donors (Lipinski definition) is 1. The molecule has 0 aromatic carbocycles. The van der Waals surface area contributed by atoms with Gasteiger partial charge in [-0.15, -0.1) is 5.10 Å². The number of anilines is 1. The molecule has 124 valence electrons. The number of nitrogens with zero attached hydrogens (tertiary/aromatic N) is 3. The molecule has 2 N–H and O–H groups in total. The van der Waals surface area contributed by atoms with Crippen LogP contribution in [0.2, 0.25) is 0 Å². The van der Waals surface area contributed by atoms with Crippen molar-refractivity contribution in [2.45, 2.75) is 53.2 Å². The van der Waals surface area contributed by atoms with Gasteiger partial charge in [0.1, 0.15) is 0 Å². The van der Waals surface area contributed by atoms with Crippen LogP contribution in [0.15, 0.2) is 0 Å². The summed E-state index contributed by atoms with van der Waals surface area (Å²) in [6.07, 6.45) is 0.479. The van der Waals surface area contributed by atoms with Crippen molar-refractivity contribution in [3.05, 3.63) is 5.69 Å². The van der Waals surface area contributed by atoms with E-state index in [1.54, 1.807) is 20.8 Å². The Morgan fingerprint density at radius 3 is 2.41 bits per heavy atom. The first kappa shape index (κ1) is 17.9. The van der Waals surface area contributed by atoms with Crippen molar-refractivity contribution in [3.63, 3.8) is 0 Å². The van der Waals surface area contributed by atoms with Crippen molar-refractivity contribution >= 4 is 17.8 Å². The zero-order valence-electron chi connectivity index (χ0n) is 13.7. The molecule has 1 unspecified atom stereocenters. The number of hydrogen-bond acceptors (Lipinski definition) is 7. The fraction of sp³-hybridized carbons (Fsp3) is 0.714. The van der Waals surface area contributed by atoms with Crippen LogP contribution in [-0.4, -0.2) is 39.6 Å². The standard InChI is InChI=1S/C14H24N4O4/c1-8(2)6-7-21-13(19)10(5)18-12(15)11(16-17-18)14(20)22-9(3)4/h8-10H,6-7,15H2,1-5H3. The van der Waals surface area contributed by atoms with E-state index in [4.69, 9.17) is 15.2 Å². The summed E-state index contributed by atoms with van der Waals surface area (Å²) in [5.41, 5.74) is 5.72. The number of carbonyl (C=O) groups is 2. The Balaban J connectivity index is 2.74. The molecule has 1 aromatic heterocycles. The van der Waals surface area contributed by atoms with E-state index in [-0.39, 0.29) is 17.6 Å². The Morgan fingerprint density at radius 2 is 1.86 bits per heavy atom. The largest absolute Gasteiger partial charge is 0.464 e. The van der Waals surface area contributed by atoms with Crippen LogP contribution in [0.1, 0.15) is 57.6 Å². The Hall–Kier alpha value is -2.12. The molecule has 0 saturated carbocycles. The fourth-order valence-electron chi connectivity index (χ4n) is 1.62. The molecule has 0 radical (unpaired) electrons. The molecular formula is C14H24N4O4. The molecule has 0 aliphatic rings. The number of carbonyl (C=O) groups excluding carboxylic acids is 2. The van der Waals surface area contributed by atoms with Gasteiger partial charge in [0.15, 0.2) is 11.9 Å². The normalized spacial score (nSPS) is 12.5. The lowest BCUT2D eigenvalue weighted by molar-refractivity contribution is -0.147. The van der Waals surface area contributed by atoms with Crippen molar-refractivity contribution in [1.29, 1.82) is 0 Å². The number of rotatable bonds is 7. The summed E-state index contributed by atoms with van der Waals surface area (Å²) >= 11 is 0. The van der Waals surface area contributed by atoms with Crippen molar-refractivity contribution in [2.75, 3.05) is 12.3 Å². The van der Waals surface area contributed by atoms with E-state index in [2.05, 4.69) is 10.3 Å². The van der Waals surface area contributed by atoms with Gasteiger partial charge in [-0.2, -0.15) is 0 Å². The van der Waals surface area contributed by atoms with Gasteiger partial charge in [0, 0.05) is 0 Å². The lowest BCUT2D eigenvalue weighted by atomic mass is 10.1. The van der Waals surface area contributed by atoms with Crippen LogP contribution < -0.4 is 5.73 Å². The minimum atomic E-state index is -0.764. The average Bonchev–Trinajstić information content (AvgIpc) is 2.78. The van der Waals surface area contributed by atoms with E-state index in [1.807, 2.05) is 13.8 Å². The van der Waals surface area contributed by atoms with Gasteiger partial charge in [-0.05, 0) is 33.1 Å². The first-order chi connectivity index (χ1) is 10.2. The van der Waals surface area contributed by atoms with Gasteiger partial charge < -0.3 is 15.2 Å². The SMILES string of the molecule is CC(C)CCOC(=O)C(C)n1nnc(C(=O)OC(C)C)c1N. The highest BCUT2D eigenvalue weighted by Gasteiger charge is 2.26. The van der Waals surface area contributed by atoms with Crippen LogP contribution in [0, 0.1) is 5.92 Å². The van der Waals surface area contributed by atoms with Crippen molar-refractivity contribution in [1.82, 2.24) is 15.0 Å². The summed E-state index contributed by atoms with van der Waals surface area (Å²) in [4.78, 5) is 23.7. The van der Waals surface area contributed by atoms with Gasteiger partial charge in [0.05, 0.1) is 12.7 Å². The summed E-state index contributed by atoms with van der Waals surface area (Å²) < 4.78 is 11.3. The third-order valence-corrected chi connectivity index (χ3v) is 2.91. The predicted octanol–water partition coefficient (Wildman–Crippen LogP) is 1.58. The van der Waals surface area contributed by atoms with E-state index in [0.717, 1.165) is 11.1 Å². The van der Waals surface area contributed by atoms with E-state index in [1.165, 1.54) is 0 Å². The van der Waals surface area contributed by atoms with Crippen molar-refractivity contribution < 1.29 is 19.1 Å². The highest BCUT2D eigenvalue weighted by atomic mass is 16.5. The van der Waals surface area contributed by atoms with Gasteiger partial charge >= 0.3 is 11.9 Å². The zero-order valence-corrected chi connectivity index (χ0v) is 13.7.